The van der Waals surface area contributed by atoms with Gasteiger partial charge in [0.1, 0.15) is 5.69 Å². The summed E-state index contributed by atoms with van der Waals surface area (Å²) in [5.41, 5.74) is 4.96. The predicted octanol–water partition coefficient (Wildman–Crippen LogP) is 1.09. The number of rotatable bonds is 2. The number of carboxylic acid groups (broad SMARTS) is 1. The second-order valence-corrected chi connectivity index (χ2v) is 3.99. The van der Waals surface area contributed by atoms with Crippen LogP contribution < -0.4 is 15.8 Å². The highest BCUT2D eigenvalue weighted by atomic mass is 35.5. The largest absolute Gasteiger partial charge is 0.478 e. The summed E-state index contributed by atoms with van der Waals surface area (Å²) in [4.78, 5) is 21.0. The highest BCUT2D eigenvalue weighted by molar-refractivity contribution is 6.34. The summed E-state index contributed by atoms with van der Waals surface area (Å²) in [6.07, 6.45) is -1.21. The Morgan fingerprint density at radius 1 is 1.72 bits per heavy atom. The van der Waals surface area contributed by atoms with Gasteiger partial charge in [-0.1, -0.05) is 11.6 Å². The SMILES string of the molecule is Nc1c(Cl)cc2c(c1[N+](=O)[O-])OC(C(=O)O)CN2. The minimum atomic E-state index is -1.23. The Kier molecular flexibility index (Phi) is 2.87. The van der Waals surface area contributed by atoms with Crippen molar-refractivity contribution in [3.05, 3.63) is 21.2 Å². The van der Waals surface area contributed by atoms with Gasteiger partial charge < -0.3 is 20.9 Å². The van der Waals surface area contributed by atoms with Crippen molar-refractivity contribution >= 4 is 34.6 Å². The van der Waals surface area contributed by atoms with Crippen molar-refractivity contribution in [2.45, 2.75) is 6.10 Å². The second-order valence-electron chi connectivity index (χ2n) is 3.58. The molecule has 0 radical (unpaired) electrons. The van der Waals surface area contributed by atoms with E-state index >= 15 is 0 Å². The number of nitrogens with two attached hydrogens (primary N) is 1. The van der Waals surface area contributed by atoms with Crippen LogP contribution >= 0.6 is 11.6 Å². The molecule has 0 amide bonds. The normalized spacial score (nSPS) is 17.3. The molecule has 0 aliphatic carbocycles. The maximum Gasteiger partial charge on any atom is 0.346 e. The number of anilines is 2. The molecule has 96 valence electrons. The van der Waals surface area contributed by atoms with Crippen molar-refractivity contribution in [3.8, 4) is 5.75 Å². The number of nitro benzene ring substituents is 1. The van der Waals surface area contributed by atoms with E-state index in [1.807, 2.05) is 0 Å². The van der Waals surface area contributed by atoms with Gasteiger partial charge in [0.2, 0.25) is 11.9 Å². The fraction of sp³-hybridized carbons (Fsp3) is 0.222. The lowest BCUT2D eigenvalue weighted by atomic mass is 10.1. The number of carboxylic acids is 1. The van der Waals surface area contributed by atoms with Crippen molar-refractivity contribution in [2.24, 2.45) is 0 Å². The standard InChI is InChI=1S/C9H8ClN3O5/c10-3-1-4-8(7(6(3)11)13(16)17)18-5(2-12-4)9(14)15/h1,5,12H,2,11H2,(H,14,15). The van der Waals surface area contributed by atoms with Crippen LogP contribution in [-0.2, 0) is 4.79 Å². The molecule has 0 bridgehead atoms. The number of fused-ring (bicyclic) bond motifs is 1. The topological polar surface area (TPSA) is 128 Å². The highest BCUT2D eigenvalue weighted by Crippen LogP contribution is 2.45. The molecule has 0 saturated heterocycles. The number of hydrogen-bond donors (Lipinski definition) is 3. The molecule has 1 aliphatic heterocycles. The molecule has 1 aliphatic rings. The minimum Gasteiger partial charge on any atom is -0.478 e. The second kappa shape index (κ2) is 4.22. The number of ether oxygens (including phenoxy) is 1. The van der Waals surface area contributed by atoms with Crippen LogP contribution in [0.15, 0.2) is 6.07 Å². The summed E-state index contributed by atoms with van der Waals surface area (Å²) in [5.74, 6) is -1.43. The molecule has 18 heavy (non-hydrogen) atoms. The quantitative estimate of drug-likeness (QED) is 0.418. The average Bonchev–Trinajstić information content (AvgIpc) is 2.29. The Labute approximate surface area is 105 Å². The first kappa shape index (κ1) is 12.2. The first-order chi connectivity index (χ1) is 8.41. The fourth-order valence-electron chi connectivity index (χ4n) is 1.59. The smallest absolute Gasteiger partial charge is 0.346 e. The molecular weight excluding hydrogens is 266 g/mol. The molecule has 0 aromatic heterocycles. The van der Waals surface area contributed by atoms with Crippen molar-refractivity contribution in [2.75, 3.05) is 17.6 Å². The molecule has 1 unspecified atom stereocenters. The number of benzene rings is 1. The average molecular weight is 274 g/mol. The van der Waals surface area contributed by atoms with E-state index in [9.17, 15) is 14.9 Å². The lowest BCUT2D eigenvalue weighted by Crippen LogP contribution is -2.37. The lowest BCUT2D eigenvalue weighted by Gasteiger charge is -2.24. The third-order valence-corrected chi connectivity index (χ3v) is 2.75. The van der Waals surface area contributed by atoms with Gasteiger partial charge in [0.25, 0.3) is 0 Å². The molecule has 1 atom stereocenters. The Hall–Kier alpha value is -2.22. The molecule has 1 heterocycles. The molecular formula is C9H8ClN3O5. The van der Waals surface area contributed by atoms with Gasteiger partial charge in [-0.15, -0.1) is 0 Å². The number of carbonyl (C=O) groups is 1. The number of halogens is 1. The molecule has 9 heteroatoms. The van der Waals surface area contributed by atoms with Crippen LogP contribution in [0.25, 0.3) is 0 Å². The summed E-state index contributed by atoms with van der Waals surface area (Å²) < 4.78 is 5.08. The van der Waals surface area contributed by atoms with Crippen LogP contribution in [0.5, 0.6) is 5.75 Å². The van der Waals surface area contributed by atoms with Gasteiger partial charge in [0.05, 0.1) is 22.2 Å². The van der Waals surface area contributed by atoms with E-state index in [4.69, 9.17) is 27.2 Å². The zero-order chi connectivity index (χ0) is 13.4. The lowest BCUT2D eigenvalue weighted by molar-refractivity contribution is -0.385. The summed E-state index contributed by atoms with van der Waals surface area (Å²) in [6.45, 7) is -0.0142. The number of aliphatic carboxylic acids is 1. The predicted molar refractivity (Wildman–Crippen MR) is 63.1 cm³/mol. The van der Waals surface area contributed by atoms with Gasteiger partial charge in [0.15, 0.2) is 0 Å². The van der Waals surface area contributed by atoms with Crippen molar-refractivity contribution < 1.29 is 19.6 Å². The van der Waals surface area contributed by atoms with E-state index in [1.165, 1.54) is 6.07 Å². The van der Waals surface area contributed by atoms with E-state index in [2.05, 4.69) is 5.32 Å². The van der Waals surface area contributed by atoms with E-state index < -0.39 is 22.7 Å². The molecule has 8 nitrogen and oxygen atoms in total. The maximum atomic E-state index is 10.9. The fourth-order valence-corrected chi connectivity index (χ4v) is 1.79. The summed E-state index contributed by atoms with van der Waals surface area (Å²) >= 11 is 5.75. The van der Waals surface area contributed by atoms with E-state index in [0.717, 1.165) is 0 Å². The number of nitrogens with zero attached hydrogens (tertiary/aromatic N) is 1. The first-order valence-corrected chi connectivity index (χ1v) is 5.19. The van der Waals surface area contributed by atoms with Gasteiger partial charge in [0, 0.05) is 0 Å². The molecule has 0 spiro atoms. The molecule has 1 aromatic carbocycles. The summed E-state index contributed by atoms with van der Waals surface area (Å²) in [5, 5.41) is 22.5. The summed E-state index contributed by atoms with van der Waals surface area (Å²) in [7, 11) is 0. The zero-order valence-corrected chi connectivity index (χ0v) is 9.60. The molecule has 1 aromatic rings. The monoisotopic (exact) mass is 273 g/mol. The number of nitro groups is 1. The van der Waals surface area contributed by atoms with Crippen LogP contribution in [-0.4, -0.2) is 28.6 Å². The molecule has 4 N–H and O–H groups in total. The third-order valence-electron chi connectivity index (χ3n) is 2.44. The number of nitrogen functional groups attached to an aromatic ring is 1. The van der Waals surface area contributed by atoms with Gasteiger partial charge >= 0.3 is 11.7 Å². The van der Waals surface area contributed by atoms with Gasteiger partial charge in [-0.2, -0.15) is 0 Å². The van der Waals surface area contributed by atoms with Crippen molar-refractivity contribution in [1.29, 1.82) is 0 Å². The van der Waals surface area contributed by atoms with Crippen LogP contribution in [0.3, 0.4) is 0 Å². The van der Waals surface area contributed by atoms with Crippen LogP contribution in [0.2, 0.25) is 5.02 Å². The Bertz CT molecular complexity index is 547. The van der Waals surface area contributed by atoms with Gasteiger partial charge in [-0.05, 0) is 6.07 Å². The Balaban J connectivity index is 2.57. The van der Waals surface area contributed by atoms with Crippen LogP contribution in [0.4, 0.5) is 17.1 Å². The Morgan fingerprint density at radius 2 is 2.39 bits per heavy atom. The highest BCUT2D eigenvalue weighted by Gasteiger charge is 2.34. The van der Waals surface area contributed by atoms with Crippen molar-refractivity contribution in [3.63, 3.8) is 0 Å². The third kappa shape index (κ3) is 1.86. The van der Waals surface area contributed by atoms with Crippen LogP contribution in [0, 0.1) is 10.1 Å². The number of hydrogen-bond acceptors (Lipinski definition) is 6. The minimum absolute atomic E-state index is 0.00493. The maximum absolute atomic E-state index is 10.9. The first-order valence-electron chi connectivity index (χ1n) is 4.81. The Morgan fingerprint density at radius 3 is 2.94 bits per heavy atom. The number of nitrogens with one attached hydrogen (secondary N) is 1. The molecule has 0 fully saturated rings. The molecule has 2 rings (SSSR count). The van der Waals surface area contributed by atoms with Gasteiger partial charge in [-0.25, -0.2) is 4.79 Å². The van der Waals surface area contributed by atoms with Crippen molar-refractivity contribution in [1.82, 2.24) is 0 Å². The zero-order valence-electron chi connectivity index (χ0n) is 8.84. The van der Waals surface area contributed by atoms with Gasteiger partial charge in [-0.3, -0.25) is 10.1 Å². The molecule has 0 saturated carbocycles. The summed E-state index contributed by atoms with van der Waals surface area (Å²) in [6, 6.07) is 1.36. The van der Waals surface area contributed by atoms with Crippen LogP contribution in [0.1, 0.15) is 0 Å². The van der Waals surface area contributed by atoms with E-state index in [-0.39, 0.29) is 28.7 Å². The van der Waals surface area contributed by atoms with E-state index in [0.29, 0.717) is 0 Å². The van der Waals surface area contributed by atoms with E-state index in [1.54, 1.807) is 0 Å².